The minimum atomic E-state index is -5.11. The predicted molar refractivity (Wildman–Crippen MR) is 198 cm³/mol. The Labute approximate surface area is 321 Å². The van der Waals surface area contributed by atoms with Crippen molar-refractivity contribution < 1.29 is 52.7 Å². The van der Waals surface area contributed by atoms with Crippen LogP contribution in [-0.4, -0.2) is 9.13 Å². The smallest absolute Gasteiger partial charge is 0.309 e. The van der Waals surface area contributed by atoms with E-state index < -0.39 is 58.3 Å². The van der Waals surface area contributed by atoms with Crippen LogP contribution in [0.2, 0.25) is 0 Å². The van der Waals surface area contributed by atoms with Gasteiger partial charge >= 0.3 is 24.7 Å². The summed E-state index contributed by atoms with van der Waals surface area (Å²) in [6.07, 6.45) is -19.2. The number of hydrogen-bond acceptors (Lipinski definition) is 0. The van der Waals surface area contributed by atoms with Gasteiger partial charge < -0.3 is 9.13 Å². The lowest BCUT2D eigenvalue weighted by Gasteiger charge is -2.18. The maximum Gasteiger partial charge on any atom is 0.418 e. The summed E-state index contributed by atoms with van der Waals surface area (Å²) < 4.78 is 170. The Balaban J connectivity index is 1.22. The molecule has 0 aliphatic heterocycles. The number of rotatable bonds is 5. The van der Waals surface area contributed by atoms with Crippen LogP contribution in [0.15, 0.2) is 109 Å². The van der Waals surface area contributed by atoms with Gasteiger partial charge in [-0.1, -0.05) is 35.4 Å². The standard InChI is InChI=1S/C44H28F12N2/c1-23-3-12-35-29(17-23)31-19-25(7-14-37(31)57(35)39-16-10-27(41(45,46)47)21-34(39)44(54,55)56)5-6-26-8-15-38-32(20-26)30-18-24(2)4-13-36(30)58(38)40-22-28(42(48,49)50)9-11-33(40)43(51,52)53/h3-4,7-22H,5-6H2,1-2H3. The number of aryl methyl sites for hydroxylation is 4. The van der Waals surface area contributed by atoms with Crippen LogP contribution >= 0.6 is 0 Å². The molecule has 298 valence electrons. The molecule has 2 nitrogen and oxygen atoms in total. The average molecular weight is 813 g/mol. The van der Waals surface area contributed by atoms with Gasteiger partial charge in [0.1, 0.15) is 0 Å². The Morgan fingerprint density at radius 3 is 1.21 bits per heavy atom. The molecule has 0 unspecified atom stereocenters. The number of benzene rings is 6. The summed E-state index contributed by atoms with van der Waals surface area (Å²) in [6.45, 7) is 3.59. The van der Waals surface area contributed by atoms with Crippen molar-refractivity contribution in [2.24, 2.45) is 0 Å². The summed E-state index contributed by atoms with van der Waals surface area (Å²) in [5, 5.41) is 2.21. The van der Waals surface area contributed by atoms with Crippen LogP contribution < -0.4 is 0 Å². The third-order valence-electron chi connectivity index (χ3n) is 10.4. The maximum absolute atomic E-state index is 14.3. The zero-order valence-corrected chi connectivity index (χ0v) is 30.2. The molecule has 2 heterocycles. The molecule has 0 fully saturated rings. The molecule has 14 heteroatoms. The molecule has 0 amide bonds. The molecular weight excluding hydrogens is 784 g/mol. The summed E-state index contributed by atoms with van der Waals surface area (Å²) >= 11 is 0. The summed E-state index contributed by atoms with van der Waals surface area (Å²) in [6, 6.07) is 23.2. The zero-order chi connectivity index (χ0) is 41.7. The monoisotopic (exact) mass is 812 g/mol. The zero-order valence-electron chi connectivity index (χ0n) is 30.2. The van der Waals surface area contributed by atoms with Crippen LogP contribution in [0.1, 0.15) is 44.5 Å². The number of aromatic nitrogens is 2. The molecule has 0 aliphatic rings. The SMILES string of the molecule is Cc1ccc2c(c1)c1cc(CCc3ccc4c(c3)c3cc(C)ccc3n4-c3ccc(C(F)(F)F)cc3C(F)(F)F)ccc1n2-c1cc(C(F)(F)F)ccc1C(F)(F)F. The van der Waals surface area contributed by atoms with E-state index in [1.165, 1.54) is 9.13 Å². The Morgan fingerprint density at radius 2 is 0.759 bits per heavy atom. The third kappa shape index (κ3) is 6.81. The van der Waals surface area contributed by atoms with Gasteiger partial charge in [-0.15, -0.1) is 0 Å². The van der Waals surface area contributed by atoms with Gasteiger partial charge in [-0.3, -0.25) is 0 Å². The third-order valence-corrected chi connectivity index (χ3v) is 10.4. The van der Waals surface area contributed by atoms with E-state index in [0.717, 1.165) is 28.3 Å². The second-order valence-electron chi connectivity index (χ2n) is 14.4. The van der Waals surface area contributed by atoms with Crippen LogP contribution in [0.4, 0.5) is 52.7 Å². The van der Waals surface area contributed by atoms with Crippen molar-refractivity contribution in [1.29, 1.82) is 0 Å². The molecule has 0 aliphatic carbocycles. The molecule has 2 aromatic heterocycles. The van der Waals surface area contributed by atoms with Crippen LogP contribution in [0.3, 0.4) is 0 Å². The van der Waals surface area contributed by atoms with Crippen molar-refractivity contribution >= 4 is 43.6 Å². The van der Waals surface area contributed by atoms with E-state index in [1.54, 1.807) is 80.6 Å². The van der Waals surface area contributed by atoms with Crippen molar-refractivity contribution in [2.75, 3.05) is 0 Å². The average Bonchev–Trinajstić information content (AvgIpc) is 3.63. The van der Waals surface area contributed by atoms with Gasteiger partial charge in [-0.05, 0) is 123 Å². The van der Waals surface area contributed by atoms with E-state index >= 15 is 0 Å². The fraction of sp³-hybridized carbons (Fsp3) is 0.182. The first-order valence-electron chi connectivity index (χ1n) is 17.7. The summed E-state index contributed by atoms with van der Waals surface area (Å²) in [7, 11) is 0. The molecule has 0 atom stereocenters. The Kier molecular flexibility index (Phi) is 8.94. The molecule has 0 radical (unpaired) electrons. The highest BCUT2D eigenvalue weighted by Gasteiger charge is 2.40. The van der Waals surface area contributed by atoms with Crippen molar-refractivity contribution in [3.63, 3.8) is 0 Å². The lowest BCUT2D eigenvalue weighted by molar-refractivity contribution is -0.143. The highest BCUT2D eigenvalue weighted by molar-refractivity contribution is 6.11. The van der Waals surface area contributed by atoms with E-state index in [1.807, 2.05) is 6.07 Å². The van der Waals surface area contributed by atoms with E-state index in [0.29, 0.717) is 69.7 Å². The van der Waals surface area contributed by atoms with E-state index in [9.17, 15) is 52.7 Å². The van der Waals surface area contributed by atoms with Crippen molar-refractivity contribution in [1.82, 2.24) is 9.13 Å². The van der Waals surface area contributed by atoms with Crippen LogP contribution in [-0.2, 0) is 37.5 Å². The van der Waals surface area contributed by atoms with Gasteiger partial charge in [0.05, 0.1) is 55.7 Å². The molecule has 0 saturated heterocycles. The fourth-order valence-electron chi connectivity index (χ4n) is 7.75. The first kappa shape index (κ1) is 38.9. The normalized spacial score (nSPS) is 13.1. The second kappa shape index (κ2) is 13.3. The Hall–Kier alpha value is -5.92. The highest BCUT2D eigenvalue weighted by Crippen LogP contribution is 2.44. The van der Waals surface area contributed by atoms with Gasteiger partial charge in [0.15, 0.2) is 0 Å². The van der Waals surface area contributed by atoms with Crippen LogP contribution in [0, 0.1) is 13.8 Å². The minimum absolute atomic E-state index is 0.111. The molecule has 8 rings (SSSR count). The van der Waals surface area contributed by atoms with Gasteiger partial charge in [-0.2, -0.15) is 52.7 Å². The second-order valence-corrected chi connectivity index (χ2v) is 14.4. The van der Waals surface area contributed by atoms with E-state index in [2.05, 4.69) is 0 Å². The molecule has 0 N–H and O–H groups in total. The lowest BCUT2D eigenvalue weighted by atomic mass is 10.0. The summed E-state index contributed by atoms with van der Waals surface area (Å²) in [5.74, 6) is 0. The number of alkyl halides is 12. The van der Waals surface area contributed by atoms with Crippen molar-refractivity contribution in [3.8, 4) is 11.4 Å². The largest absolute Gasteiger partial charge is 0.418 e. The fourth-order valence-corrected chi connectivity index (χ4v) is 7.75. The van der Waals surface area contributed by atoms with E-state index in [-0.39, 0.29) is 17.1 Å². The molecule has 0 bridgehead atoms. The van der Waals surface area contributed by atoms with Crippen LogP contribution in [0.25, 0.3) is 55.0 Å². The molecule has 6 aromatic carbocycles. The van der Waals surface area contributed by atoms with Gasteiger partial charge in [0, 0.05) is 21.5 Å². The number of fused-ring (bicyclic) bond motifs is 6. The van der Waals surface area contributed by atoms with Gasteiger partial charge in [0.2, 0.25) is 0 Å². The van der Waals surface area contributed by atoms with Crippen molar-refractivity contribution in [3.05, 3.63) is 154 Å². The molecule has 0 saturated carbocycles. The summed E-state index contributed by atoms with van der Waals surface area (Å²) in [5.41, 5.74) is -2.12. The highest BCUT2D eigenvalue weighted by atomic mass is 19.4. The summed E-state index contributed by atoms with van der Waals surface area (Å²) in [4.78, 5) is 0. The minimum Gasteiger partial charge on any atom is -0.309 e. The van der Waals surface area contributed by atoms with Crippen molar-refractivity contribution in [2.45, 2.75) is 51.4 Å². The first-order chi connectivity index (χ1) is 27.1. The topological polar surface area (TPSA) is 9.86 Å². The molecular formula is C44H28F12N2. The van der Waals surface area contributed by atoms with Gasteiger partial charge in [-0.25, -0.2) is 0 Å². The van der Waals surface area contributed by atoms with Crippen LogP contribution in [0.5, 0.6) is 0 Å². The number of nitrogens with zero attached hydrogens (tertiary/aromatic N) is 2. The number of hydrogen-bond donors (Lipinski definition) is 0. The van der Waals surface area contributed by atoms with E-state index in [4.69, 9.17) is 0 Å². The quantitative estimate of drug-likeness (QED) is 0.153. The van der Waals surface area contributed by atoms with Gasteiger partial charge in [0.25, 0.3) is 0 Å². The number of halogens is 12. The molecule has 8 aromatic rings. The Morgan fingerprint density at radius 1 is 0.362 bits per heavy atom. The predicted octanol–water partition coefficient (Wildman–Crippen LogP) is 14.4. The first-order valence-corrected chi connectivity index (χ1v) is 17.7. The molecule has 58 heavy (non-hydrogen) atoms. The lowest BCUT2D eigenvalue weighted by Crippen LogP contribution is -2.14. The maximum atomic E-state index is 14.3. The Bertz CT molecular complexity index is 2920. The molecule has 0 spiro atoms.